The molecule has 1 atom stereocenters. The van der Waals surface area contributed by atoms with Crippen LogP contribution < -0.4 is 5.32 Å². The SMILES string of the molecule is CSCCC(NC(=O)c1ccco1)C(=O)N1CCC(c2nc3ccccc3o2)CC1. The molecular formula is C22H25N3O4S. The molecule has 0 saturated carbocycles. The fourth-order valence-electron chi connectivity index (χ4n) is 3.76. The first kappa shape index (κ1) is 20.5. The van der Waals surface area contributed by atoms with Crippen molar-refractivity contribution in [1.82, 2.24) is 15.2 Å². The Morgan fingerprint density at radius 1 is 1.23 bits per heavy atom. The number of aromatic nitrogens is 1. The molecule has 1 N–H and O–H groups in total. The summed E-state index contributed by atoms with van der Waals surface area (Å²) in [6.07, 6.45) is 5.60. The molecule has 0 spiro atoms. The fraction of sp³-hybridized carbons (Fsp3) is 0.409. The van der Waals surface area contributed by atoms with E-state index >= 15 is 0 Å². The summed E-state index contributed by atoms with van der Waals surface area (Å²) in [7, 11) is 0. The van der Waals surface area contributed by atoms with Gasteiger partial charge in [0.15, 0.2) is 17.2 Å². The zero-order valence-electron chi connectivity index (χ0n) is 16.9. The molecule has 1 aliphatic rings. The molecule has 8 heteroatoms. The predicted octanol–water partition coefficient (Wildman–Crippen LogP) is 3.68. The highest BCUT2D eigenvalue weighted by Gasteiger charge is 2.31. The molecule has 1 saturated heterocycles. The van der Waals surface area contributed by atoms with Gasteiger partial charge in [0.05, 0.1) is 6.26 Å². The first-order chi connectivity index (χ1) is 14.7. The fourth-order valence-corrected chi connectivity index (χ4v) is 4.23. The Hall–Kier alpha value is -2.74. The summed E-state index contributed by atoms with van der Waals surface area (Å²) in [4.78, 5) is 32.0. The number of nitrogens with one attached hydrogen (secondary N) is 1. The quantitative estimate of drug-likeness (QED) is 0.619. The standard InChI is InChI=1S/C22H25N3O4S/c1-30-14-10-17(23-20(26)19-7-4-13-28-19)22(27)25-11-8-15(9-12-25)21-24-16-5-2-3-6-18(16)29-21/h2-7,13,15,17H,8-12,14H2,1H3,(H,23,26). The molecule has 7 nitrogen and oxygen atoms in total. The molecule has 158 valence electrons. The average Bonchev–Trinajstić information content (AvgIpc) is 3.46. The number of hydrogen-bond acceptors (Lipinski definition) is 6. The number of amides is 2. The maximum atomic E-state index is 13.1. The van der Waals surface area contributed by atoms with Crippen LogP contribution in [0, 0.1) is 0 Å². The maximum absolute atomic E-state index is 13.1. The van der Waals surface area contributed by atoms with Crippen LogP contribution in [0.4, 0.5) is 0 Å². The van der Waals surface area contributed by atoms with Crippen molar-refractivity contribution in [3.8, 4) is 0 Å². The summed E-state index contributed by atoms with van der Waals surface area (Å²) >= 11 is 1.65. The van der Waals surface area contributed by atoms with Crippen LogP contribution in [-0.2, 0) is 4.79 Å². The van der Waals surface area contributed by atoms with Gasteiger partial charge in [-0.2, -0.15) is 11.8 Å². The van der Waals surface area contributed by atoms with Crippen LogP contribution >= 0.6 is 11.8 Å². The Morgan fingerprint density at radius 3 is 2.73 bits per heavy atom. The van der Waals surface area contributed by atoms with Crippen molar-refractivity contribution in [2.75, 3.05) is 25.1 Å². The minimum absolute atomic E-state index is 0.0417. The highest BCUT2D eigenvalue weighted by Crippen LogP contribution is 2.30. The van der Waals surface area contributed by atoms with E-state index in [4.69, 9.17) is 8.83 Å². The molecule has 1 aliphatic heterocycles. The summed E-state index contributed by atoms with van der Waals surface area (Å²) in [5, 5.41) is 2.84. The molecule has 1 fully saturated rings. The number of likely N-dealkylation sites (tertiary alicyclic amines) is 1. The van der Waals surface area contributed by atoms with E-state index < -0.39 is 6.04 Å². The van der Waals surface area contributed by atoms with Gasteiger partial charge in [-0.05, 0) is 55.5 Å². The lowest BCUT2D eigenvalue weighted by molar-refractivity contribution is -0.134. The smallest absolute Gasteiger partial charge is 0.287 e. The highest BCUT2D eigenvalue weighted by atomic mass is 32.2. The largest absolute Gasteiger partial charge is 0.459 e. The number of carbonyl (C=O) groups excluding carboxylic acids is 2. The number of carbonyl (C=O) groups is 2. The van der Waals surface area contributed by atoms with E-state index in [1.54, 1.807) is 23.9 Å². The highest BCUT2D eigenvalue weighted by molar-refractivity contribution is 7.98. The van der Waals surface area contributed by atoms with Crippen LogP contribution in [0.1, 0.15) is 41.6 Å². The molecule has 1 aromatic carbocycles. The van der Waals surface area contributed by atoms with Crippen molar-refractivity contribution in [3.63, 3.8) is 0 Å². The lowest BCUT2D eigenvalue weighted by Gasteiger charge is -2.33. The number of furan rings is 1. The number of oxazole rings is 1. The second-order valence-corrected chi connectivity index (χ2v) is 8.39. The topological polar surface area (TPSA) is 88.6 Å². The normalized spacial score (nSPS) is 16.0. The van der Waals surface area contributed by atoms with E-state index in [0.717, 1.165) is 35.6 Å². The number of benzene rings is 1. The van der Waals surface area contributed by atoms with Crippen molar-refractivity contribution in [3.05, 3.63) is 54.3 Å². The van der Waals surface area contributed by atoms with Crippen molar-refractivity contribution in [2.45, 2.75) is 31.2 Å². The Balaban J connectivity index is 1.38. The maximum Gasteiger partial charge on any atom is 0.287 e. The van der Waals surface area contributed by atoms with Gasteiger partial charge in [-0.1, -0.05) is 12.1 Å². The number of hydrogen-bond donors (Lipinski definition) is 1. The third kappa shape index (κ3) is 4.53. The van der Waals surface area contributed by atoms with E-state index in [0.29, 0.717) is 19.5 Å². The van der Waals surface area contributed by atoms with Gasteiger partial charge in [0.25, 0.3) is 5.91 Å². The van der Waals surface area contributed by atoms with Gasteiger partial charge in [-0.15, -0.1) is 0 Å². The Bertz CT molecular complexity index is 960. The molecular weight excluding hydrogens is 402 g/mol. The number of piperidine rings is 1. The van der Waals surface area contributed by atoms with Gasteiger partial charge in [0.2, 0.25) is 5.91 Å². The predicted molar refractivity (Wildman–Crippen MR) is 116 cm³/mol. The number of thioether (sulfide) groups is 1. The van der Waals surface area contributed by atoms with Crippen molar-refractivity contribution >= 4 is 34.7 Å². The van der Waals surface area contributed by atoms with Crippen molar-refractivity contribution < 1.29 is 18.4 Å². The van der Waals surface area contributed by atoms with E-state index in [-0.39, 0.29) is 23.5 Å². The molecule has 3 heterocycles. The minimum atomic E-state index is -0.559. The molecule has 0 aliphatic carbocycles. The van der Waals surface area contributed by atoms with Crippen molar-refractivity contribution in [1.29, 1.82) is 0 Å². The summed E-state index contributed by atoms with van der Waals surface area (Å²) in [5.74, 6) is 1.54. The number of nitrogens with zero attached hydrogens (tertiary/aromatic N) is 2. The van der Waals surface area contributed by atoms with Crippen LogP contribution in [0.3, 0.4) is 0 Å². The van der Waals surface area contributed by atoms with Gasteiger partial charge in [-0.3, -0.25) is 9.59 Å². The lowest BCUT2D eigenvalue weighted by atomic mass is 9.96. The summed E-state index contributed by atoms with van der Waals surface area (Å²) < 4.78 is 11.1. The van der Waals surface area contributed by atoms with E-state index in [2.05, 4.69) is 10.3 Å². The summed E-state index contributed by atoms with van der Waals surface area (Å²) in [6, 6.07) is 10.4. The lowest BCUT2D eigenvalue weighted by Crippen LogP contribution is -2.50. The molecule has 2 amide bonds. The molecule has 1 unspecified atom stereocenters. The monoisotopic (exact) mass is 427 g/mol. The molecule has 3 aromatic rings. The van der Waals surface area contributed by atoms with E-state index in [1.807, 2.05) is 35.4 Å². The Kier molecular flexibility index (Phi) is 6.42. The number of fused-ring (bicyclic) bond motifs is 1. The van der Waals surface area contributed by atoms with Crippen LogP contribution in [0.25, 0.3) is 11.1 Å². The third-order valence-corrected chi connectivity index (χ3v) is 6.07. The van der Waals surface area contributed by atoms with Gasteiger partial charge < -0.3 is 19.1 Å². The first-order valence-corrected chi connectivity index (χ1v) is 11.5. The number of rotatable bonds is 7. The molecule has 2 aromatic heterocycles. The van der Waals surface area contributed by atoms with Crippen LogP contribution in [-0.4, -0.2) is 52.8 Å². The van der Waals surface area contributed by atoms with Gasteiger partial charge in [0, 0.05) is 19.0 Å². The van der Waals surface area contributed by atoms with E-state index in [9.17, 15) is 9.59 Å². The third-order valence-electron chi connectivity index (χ3n) is 5.43. The first-order valence-electron chi connectivity index (χ1n) is 10.1. The number of para-hydroxylation sites is 2. The molecule has 0 bridgehead atoms. The van der Waals surface area contributed by atoms with Crippen molar-refractivity contribution in [2.24, 2.45) is 0 Å². The Labute approximate surface area is 179 Å². The van der Waals surface area contributed by atoms with Gasteiger partial charge >= 0.3 is 0 Å². The van der Waals surface area contributed by atoms with E-state index in [1.165, 1.54) is 6.26 Å². The zero-order valence-corrected chi connectivity index (χ0v) is 17.7. The van der Waals surface area contributed by atoms with Crippen LogP contribution in [0.5, 0.6) is 0 Å². The molecule has 30 heavy (non-hydrogen) atoms. The Morgan fingerprint density at radius 2 is 2.03 bits per heavy atom. The summed E-state index contributed by atoms with van der Waals surface area (Å²) in [5.41, 5.74) is 1.66. The van der Waals surface area contributed by atoms with Gasteiger partial charge in [-0.25, -0.2) is 4.98 Å². The minimum Gasteiger partial charge on any atom is -0.459 e. The van der Waals surface area contributed by atoms with Gasteiger partial charge in [0.1, 0.15) is 11.6 Å². The van der Waals surface area contributed by atoms with Crippen LogP contribution in [0.15, 0.2) is 51.5 Å². The summed E-state index contributed by atoms with van der Waals surface area (Å²) in [6.45, 7) is 1.24. The average molecular weight is 428 g/mol. The molecule has 4 rings (SSSR count). The van der Waals surface area contributed by atoms with Crippen LogP contribution in [0.2, 0.25) is 0 Å². The second-order valence-electron chi connectivity index (χ2n) is 7.40. The second kappa shape index (κ2) is 9.38. The zero-order chi connectivity index (χ0) is 20.9. The molecule has 0 radical (unpaired) electrons.